The molecule has 0 saturated heterocycles. The average Bonchev–Trinajstić information content (AvgIpc) is 2.36. The van der Waals surface area contributed by atoms with E-state index in [2.05, 4.69) is 9.03 Å². The van der Waals surface area contributed by atoms with Crippen LogP contribution in [0.2, 0.25) is 0 Å². The van der Waals surface area contributed by atoms with E-state index in [1.165, 1.54) is 13.8 Å². The summed E-state index contributed by atoms with van der Waals surface area (Å²) in [7, 11) is -9.59. The largest absolute Gasteiger partial charge is 0.534 e. The third-order valence-electron chi connectivity index (χ3n) is 2.82. The Kier molecular flexibility index (Phi) is 5.15. The molecule has 0 saturated carbocycles. The molecule has 1 aliphatic heterocycles. The molecule has 0 bridgehead atoms. The second-order valence-corrected chi connectivity index (χ2v) is 8.67. The summed E-state index contributed by atoms with van der Waals surface area (Å²) in [5, 5.41) is -0.777. The van der Waals surface area contributed by atoms with Gasteiger partial charge in [0, 0.05) is 13.0 Å². The summed E-state index contributed by atoms with van der Waals surface area (Å²) >= 11 is 0. The first-order valence-corrected chi connectivity index (χ1v) is 8.83. The van der Waals surface area contributed by atoms with Gasteiger partial charge in [0.2, 0.25) is 15.7 Å². The number of rotatable bonds is 4. The first-order chi connectivity index (χ1) is 9.83. The predicted molar refractivity (Wildman–Crippen MR) is 69.9 cm³/mol. The highest BCUT2D eigenvalue weighted by Gasteiger charge is 2.49. The van der Waals surface area contributed by atoms with Gasteiger partial charge in [0.15, 0.2) is 0 Å². The zero-order chi connectivity index (χ0) is 17.3. The Morgan fingerprint density at radius 3 is 2.23 bits per heavy atom. The highest BCUT2D eigenvalue weighted by molar-refractivity contribution is 7.89. The van der Waals surface area contributed by atoms with Gasteiger partial charge in [-0.1, -0.05) is 0 Å². The zero-order valence-corrected chi connectivity index (χ0v) is 13.2. The van der Waals surface area contributed by atoms with Crippen LogP contribution in [0.3, 0.4) is 0 Å². The van der Waals surface area contributed by atoms with E-state index < -0.39 is 55.3 Å². The van der Waals surface area contributed by atoms with E-state index >= 15 is 0 Å². The van der Waals surface area contributed by atoms with E-state index in [1.807, 2.05) is 0 Å². The molecule has 126 valence electrons. The van der Waals surface area contributed by atoms with Crippen molar-refractivity contribution in [1.82, 2.24) is 4.31 Å². The lowest BCUT2D eigenvalue weighted by molar-refractivity contribution is -0.0525. The summed E-state index contributed by atoms with van der Waals surface area (Å²) in [6.07, 6.45) is -0.432. The molecular weight excluding hydrogens is 349 g/mol. The molecule has 1 aliphatic rings. The van der Waals surface area contributed by atoms with Gasteiger partial charge in [-0.05, 0) is 13.8 Å². The molecule has 1 heterocycles. The lowest BCUT2D eigenvalue weighted by atomic mass is 10.2. The monoisotopic (exact) mass is 362 g/mol. The molecule has 0 radical (unpaired) electrons. The molecule has 12 heteroatoms. The van der Waals surface area contributed by atoms with Crippen molar-refractivity contribution < 1.29 is 34.2 Å². The van der Waals surface area contributed by atoms with E-state index in [1.54, 1.807) is 0 Å². The predicted octanol–water partition coefficient (Wildman–Crippen LogP) is 1.43. The molecule has 0 spiro atoms. The van der Waals surface area contributed by atoms with Crippen molar-refractivity contribution in [2.24, 2.45) is 0 Å². The van der Waals surface area contributed by atoms with E-state index in [0.717, 1.165) is 4.31 Å². The van der Waals surface area contributed by atoms with Crippen LogP contribution in [0.5, 0.6) is 0 Å². The molecule has 1 rings (SSSR count). The number of sulfonamides is 1. The molecule has 0 aliphatic carbocycles. The number of alkyl halides is 3. The fourth-order valence-electron chi connectivity index (χ4n) is 1.59. The van der Waals surface area contributed by atoms with Gasteiger partial charge in [0.05, 0.1) is 18.4 Å². The maximum Gasteiger partial charge on any atom is 0.534 e. The first kappa shape index (κ1) is 18.7. The molecule has 0 fully saturated rings. The van der Waals surface area contributed by atoms with Crippen LogP contribution in [0.15, 0.2) is 11.5 Å². The zero-order valence-electron chi connectivity index (χ0n) is 11.6. The minimum Gasteiger partial charge on any atom is -0.393 e. The van der Waals surface area contributed by atoms with Gasteiger partial charge in [-0.2, -0.15) is 21.6 Å². The van der Waals surface area contributed by atoms with Gasteiger partial charge in [0.1, 0.15) is 5.76 Å². The van der Waals surface area contributed by atoms with Gasteiger partial charge in [0.25, 0.3) is 0 Å². The van der Waals surface area contributed by atoms with Gasteiger partial charge < -0.3 is 4.18 Å². The van der Waals surface area contributed by atoms with Crippen molar-refractivity contribution in [3.8, 4) is 0 Å². The van der Waals surface area contributed by atoms with Crippen molar-refractivity contribution >= 4 is 20.1 Å². The van der Waals surface area contributed by atoms with Crippen LogP contribution in [-0.2, 0) is 24.3 Å². The standard InChI is InChI=1S/C10H13F3N2O5S2/c1-7(2)21(16,17)15-5-4-9(8(6-15)14-3)20-22(18,19)10(11,12)13/h7H,4-6H2,1-2H3. The molecular formula is C10H13F3N2O5S2. The molecule has 22 heavy (non-hydrogen) atoms. The Morgan fingerprint density at radius 1 is 1.27 bits per heavy atom. The van der Waals surface area contributed by atoms with Crippen LogP contribution in [-0.4, -0.2) is 45.0 Å². The van der Waals surface area contributed by atoms with Crippen molar-refractivity contribution in [3.63, 3.8) is 0 Å². The second kappa shape index (κ2) is 6.05. The fourth-order valence-corrected chi connectivity index (χ4v) is 3.37. The summed E-state index contributed by atoms with van der Waals surface area (Å²) in [6, 6.07) is 0. The Hall–Kier alpha value is -1.32. The Morgan fingerprint density at radius 2 is 1.82 bits per heavy atom. The average molecular weight is 362 g/mol. The summed E-state index contributed by atoms with van der Waals surface area (Å²) in [5.41, 5.74) is -6.10. The molecule has 0 aromatic carbocycles. The summed E-state index contributed by atoms with van der Waals surface area (Å²) in [6.45, 7) is 8.93. The summed E-state index contributed by atoms with van der Waals surface area (Å²) < 4.78 is 87.5. The molecule has 0 atom stereocenters. The second-order valence-electron chi connectivity index (χ2n) is 4.64. The van der Waals surface area contributed by atoms with Crippen LogP contribution >= 0.6 is 0 Å². The van der Waals surface area contributed by atoms with E-state index in [4.69, 9.17) is 6.57 Å². The van der Waals surface area contributed by atoms with Crippen molar-refractivity contribution in [1.29, 1.82) is 0 Å². The topological polar surface area (TPSA) is 85.1 Å². The third-order valence-corrected chi connectivity index (χ3v) is 6.03. The van der Waals surface area contributed by atoms with Crippen molar-refractivity contribution in [3.05, 3.63) is 22.9 Å². The summed E-state index contributed by atoms with van der Waals surface area (Å²) in [5.74, 6) is -0.678. The highest BCUT2D eigenvalue weighted by atomic mass is 32.2. The third kappa shape index (κ3) is 3.71. The number of nitrogens with zero attached hydrogens (tertiary/aromatic N) is 2. The molecule has 0 N–H and O–H groups in total. The Bertz CT molecular complexity index is 717. The van der Waals surface area contributed by atoms with Crippen LogP contribution in [0.4, 0.5) is 13.2 Å². The van der Waals surface area contributed by atoms with E-state index in [9.17, 15) is 30.0 Å². The quantitative estimate of drug-likeness (QED) is 0.429. The maximum absolute atomic E-state index is 12.3. The summed E-state index contributed by atoms with van der Waals surface area (Å²) in [4.78, 5) is 2.88. The molecule has 0 amide bonds. The number of hydrogen-bond donors (Lipinski definition) is 0. The minimum absolute atomic E-state index is 0.262. The van der Waals surface area contributed by atoms with Gasteiger partial charge in [-0.25, -0.2) is 17.6 Å². The van der Waals surface area contributed by atoms with Crippen molar-refractivity contribution in [2.45, 2.75) is 31.0 Å². The van der Waals surface area contributed by atoms with Crippen LogP contribution < -0.4 is 0 Å². The normalized spacial score (nSPS) is 18.4. The molecule has 0 unspecified atom stereocenters. The first-order valence-electron chi connectivity index (χ1n) is 5.92. The SMILES string of the molecule is [C-]#[N+]C1=C(OS(=O)(=O)C(F)(F)F)CCN(S(=O)(=O)C(C)C)C1. The van der Waals surface area contributed by atoms with Gasteiger partial charge in [-0.3, -0.25) is 0 Å². The Labute approximate surface area is 126 Å². The number of halogens is 3. The maximum atomic E-state index is 12.3. The van der Waals surface area contributed by atoms with Gasteiger partial charge >= 0.3 is 15.6 Å². The fraction of sp³-hybridized carbons (Fsp3) is 0.700. The lowest BCUT2D eigenvalue weighted by Gasteiger charge is -2.28. The minimum atomic E-state index is -5.88. The lowest BCUT2D eigenvalue weighted by Crippen LogP contribution is -2.41. The van der Waals surface area contributed by atoms with Gasteiger partial charge in [-0.15, -0.1) is 0 Å². The smallest absolute Gasteiger partial charge is 0.393 e. The molecule has 0 aromatic rings. The molecule has 0 aromatic heterocycles. The number of hydrogen-bond acceptors (Lipinski definition) is 5. The van der Waals surface area contributed by atoms with E-state index in [0.29, 0.717) is 0 Å². The Balaban J connectivity index is 3.11. The van der Waals surface area contributed by atoms with Crippen LogP contribution in [0.25, 0.3) is 4.85 Å². The van der Waals surface area contributed by atoms with Crippen LogP contribution in [0, 0.1) is 6.57 Å². The van der Waals surface area contributed by atoms with Crippen LogP contribution in [0.1, 0.15) is 20.3 Å². The van der Waals surface area contributed by atoms with E-state index in [-0.39, 0.29) is 6.54 Å². The molecule has 7 nitrogen and oxygen atoms in total. The van der Waals surface area contributed by atoms with Crippen molar-refractivity contribution in [2.75, 3.05) is 13.1 Å². The highest BCUT2D eigenvalue weighted by Crippen LogP contribution is 2.31.